The van der Waals surface area contributed by atoms with Crippen molar-refractivity contribution >= 4 is 27.6 Å². The molecule has 0 saturated carbocycles. The van der Waals surface area contributed by atoms with Crippen LogP contribution >= 0.6 is 0 Å². The highest BCUT2D eigenvalue weighted by Crippen LogP contribution is 2.14. The predicted molar refractivity (Wildman–Crippen MR) is 89.7 cm³/mol. The van der Waals surface area contributed by atoms with Gasteiger partial charge in [-0.05, 0) is 29.5 Å². The Balaban J connectivity index is 1.84. The number of amidine groups is 1. The molecule has 0 amide bonds. The van der Waals surface area contributed by atoms with Crippen LogP contribution in [0.1, 0.15) is 5.56 Å². The number of aromatic nitrogens is 4. The molecule has 0 aliphatic carbocycles. The van der Waals surface area contributed by atoms with E-state index in [0.29, 0.717) is 11.3 Å². The molecule has 0 aliphatic rings. The van der Waals surface area contributed by atoms with Gasteiger partial charge in [-0.3, -0.25) is 5.43 Å². The molecule has 0 spiro atoms. The number of hydrazone groups is 1. The van der Waals surface area contributed by atoms with Crippen molar-refractivity contribution in [1.29, 1.82) is 0 Å². The fraction of sp³-hybridized carbons (Fsp3) is 0. The van der Waals surface area contributed by atoms with Gasteiger partial charge in [0.25, 0.3) is 0 Å². The quantitative estimate of drug-likeness (QED) is 0.226. The van der Waals surface area contributed by atoms with Crippen LogP contribution in [0.25, 0.3) is 0 Å². The second kappa shape index (κ2) is 7.58. The van der Waals surface area contributed by atoms with Crippen LogP contribution in [0.4, 0.5) is 11.6 Å². The number of aromatic amines is 1. The molecule has 2 aromatic carbocycles. The molecule has 0 fully saturated rings. The summed E-state index contributed by atoms with van der Waals surface area (Å²) in [5.74, 6) is 0.273. The van der Waals surface area contributed by atoms with Crippen LogP contribution in [-0.2, 0) is 10.1 Å². The number of rotatable bonds is 5. The Kier molecular flexibility index (Phi) is 5.05. The van der Waals surface area contributed by atoms with Gasteiger partial charge in [0.05, 0.1) is 10.6 Å². The average molecular weight is 371 g/mol. The monoisotopic (exact) mass is 371 g/mol. The summed E-state index contributed by atoms with van der Waals surface area (Å²) in [7, 11) is -4.50. The van der Waals surface area contributed by atoms with Gasteiger partial charge in [-0.2, -0.15) is 10.3 Å². The zero-order valence-electron chi connectivity index (χ0n) is 13.0. The van der Waals surface area contributed by atoms with E-state index in [0.717, 1.165) is 0 Å². The van der Waals surface area contributed by atoms with Crippen molar-refractivity contribution < 1.29 is 13.0 Å². The first-order valence-electron chi connectivity index (χ1n) is 7.13. The third kappa shape index (κ3) is 4.52. The fourth-order valence-corrected chi connectivity index (χ4v) is 2.31. The summed E-state index contributed by atoms with van der Waals surface area (Å²) >= 11 is 0. The van der Waals surface area contributed by atoms with Crippen LogP contribution in [-0.4, -0.2) is 39.4 Å². The molecule has 2 N–H and O–H groups in total. The Morgan fingerprint density at radius 1 is 1.08 bits per heavy atom. The van der Waals surface area contributed by atoms with Crippen molar-refractivity contribution in [2.75, 3.05) is 5.43 Å². The molecule has 3 rings (SSSR count). The number of hydrogen-bond donors (Lipinski definition) is 2. The van der Waals surface area contributed by atoms with Crippen molar-refractivity contribution in [3.8, 4) is 0 Å². The third-order valence-electron chi connectivity index (χ3n) is 3.03. The van der Waals surface area contributed by atoms with E-state index in [1.165, 1.54) is 24.3 Å². The van der Waals surface area contributed by atoms with Crippen LogP contribution in [0.5, 0.6) is 0 Å². The minimum Gasteiger partial charge on any atom is -0.744 e. The molecule has 0 bridgehead atoms. The minimum absolute atomic E-state index is 0.0404. The SMILES string of the molecule is O=S(=O)([O-])c1ccc(N/N=C(/N=Nc2nn[nH]n2)c2ccccc2)cc1. The molecule has 3 aromatic rings. The van der Waals surface area contributed by atoms with E-state index in [2.05, 4.69) is 41.4 Å². The maximum Gasteiger partial charge on any atom is 0.307 e. The number of H-pyrrole nitrogens is 1. The molecule has 0 unspecified atom stereocenters. The van der Waals surface area contributed by atoms with Crippen molar-refractivity contribution in [3.05, 3.63) is 60.2 Å². The number of azo groups is 1. The van der Waals surface area contributed by atoms with Gasteiger partial charge in [-0.1, -0.05) is 35.4 Å². The summed E-state index contributed by atoms with van der Waals surface area (Å²) in [6.45, 7) is 0. The summed E-state index contributed by atoms with van der Waals surface area (Å²) in [5, 5.41) is 24.9. The highest BCUT2D eigenvalue weighted by molar-refractivity contribution is 7.85. The summed E-state index contributed by atoms with van der Waals surface area (Å²) in [6.07, 6.45) is 0. The summed E-state index contributed by atoms with van der Waals surface area (Å²) in [4.78, 5) is -0.327. The van der Waals surface area contributed by atoms with Crippen LogP contribution in [0.2, 0.25) is 0 Å². The molecule has 12 heteroatoms. The number of nitrogens with zero attached hydrogens (tertiary/aromatic N) is 6. The number of benzene rings is 2. The number of hydrogen-bond acceptors (Lipinski definition) is 9. The Morgan fingerprint density at radius 3 is 2.42 bits per heavy atom. The standard InChI is InChI=1S/C14H12N8O3S/c23-26(24,25)12-8-6-11(7-9-12)15-16-13(10-4-2-1-3-5-10)17-18-14-19-21-22-20-14/h1-9,15H,(H,23,24,25)(H,19,20,21,22)/p-1/b16-13+,18-17?. The fourth-order valence-electron chi connectivity index (χ4n) is 1.84. The van der Waals surface area contributed by atoms with Crippen molar-refractivity contribution in [2.45, 2.75) is 4.90 Å². The van der Waals surface area contributed by atoms with E-state index in [1.54, 1.807) is 12.1 Å². The average Bonchev–Trinajstić information content (AvgIpc) is 3.16. The topological polar surface area (TPSA) is 161 Å². The third-order valence-corrected chi connectivity index (χ3v) is 3.88. The second-order valence-electron chi connectivity index (χ2n) is 4.80. The van der Waals surface area contributed by atoms with E-state index in [4.69, 9.17) is 0 Å². The van der Waals surface area contributed by atoms with Gasteiger partial charge in [0.1, 0.15) is 10.1 Å². The molecule has 0 saturated heterocycles. The van der Waals surface area contributed by atoms with E-state index in [9.17, 15) is 13.0 Å². The van der Waals surface area contributed by atoms with Gasteiger partial charge >= 0.3 is 5.95 Å². The predicted octanol–water partition coefficient (Wildman–Crippen LogP) is 1.66. The molecular weight excluding hydrogens is 360 g/mol. The van der Waals surface area contributed by atoms with Crippen LogP contribution in [0, 0.1) is 0 Å². The Morgan fingerprint density at radius 2 is 1.81 bits per heavy atom. The van der Waals surface area contributed by atoms with Gasteiger partial charge in [0, 0.05) is 5.56 Å². The van der Waals surface area contributed by atoms with E-state index in [-0.39, 0.29) is 16.7 Å². The lowest BCUT2D eigenvalue weighted by molar-refractivity contribution is 0.463. The molecule has 26 heavy (non-hydrogen) atoms. The lowest BCUT2D eigenvalue weighted by atomic mass is 10.2. The molecule has 1 heterocycles. The minimum atomic E-state index is -4.50. The molecule has 1 aromatic heterocycles. The lowest BCUT2D eigenvalue weighted by Gasteiger charge is -2.08. The Bertz CT molecular complexity index is 1020. The van der Waals surface area contributed by atoms with Crippen molar-refractivity contribution in [2.24, 2.45) is 15.3 Å². The zero-order valence-corrected chi connectivity index (χ0v) is 13.8. The molecule has 0 radical (unpaired) electrons. The lowest BCUT2D eigenvalue weighted by Crippen LogP contribution is -2.02. The summed E-state index contributed by atoms with van der Waals surface area (Å²) in [5.41, 5.74) is 3.86. The normalized spacial score (nSPS) is 12.4. The van der Waals surface area contributed by atoms with Gasteiger partial charge in [0.15, 0.2) is 0 Å². The van der Waals surface area contributed by atoms with Crippen molar-refractivity contribution in [3.63, 3.8) is 0 Å². The molecule has 0 aliphatic heterocycles. The Hall–Kier alpha value is -3.51. The highest BCUT2D eigenvalue weighted by Gasteiger charge is 2.04. The second-order valence-corrected chi connectivity index (χ2v) is 6.18. The maximum atomic E-state index is 10.9. The van der Waals surface area contributed by atoms with E-state index < -0.39 is 10.1 Å². The highest BCUT2D eigenvalue weighted by atomic mass is 32.2. The molecule has 132 valence electrons. The molecule has 11 nitrogen and oxygen atoms in total. The maximum absolute atomic E-state index is 10.9. The van der Waals surface area contributed by atoms with Crippen LogP contribution in [0.3, 0.4) is 0 Å². The first-order chi connectivity index (χ1) is 12.5. The summed E-state index contributed by atoms with van der Waals surface area (Å²) in [6, 6.07) is 14.2. The zero-order chi connectivity index (χ0) is 18.4. The number of nitrogens with one attached hydrogen (secondary N) is 2. The largest absolute Gasteiger partial charge is 0.744 e. The van der Waals surface area contributed by atoms with Crippen molar-refractivity contribution in [1.82, 2.24) is 20.6 Å². The van der Waals surface area contributed by atoms with Crippen LogP contribution < -0.4 is 5.43 Å². The van der Waals surface area contributed by atoms with Gasteiger partial charge in [0.2, 0.25) is 5.84 Å². The van der Waals surface area contributed by atoms with E-state index in [1.807, 2.05) is 18.2 Å². The van der Waals surface area contributed by atoms with Gasteiger partial charge < -0.3 is 4.55 Å². The van der Waals surface area contributed by atoms with E-state index >= 15 is 0 Å². The Labute approximate surface area is 147 Å². The van der Waals surface area contributed by atoms with Gasteiger partial charge in [-0.15, -0.1) is 15.3 Å². The molecular formula is C14H11N8O3S-. The number of tetrazole rings is 1. The van der Waals surface area contributed by atoms with Gasteiger partial charge in [-0.25, -0.2) is 8.42 Å². The first kappa shape index (κ1) is 17.3. The first-order valence-corrected chi connectivity index (χ1v) is 8.53. The summed E-state index contributed by atoms with van der Waals surface area (Å²) < 4.78 is 32.8. The smallest absolute Gasteiger partial charge is 0.307 e. The molecule has 0 atom stereocenters. The van der Waals surface area contributed by atoms with Crippen LogP contribution in [0.15, 0.2) is 74.8 Å². The number of anilines is 1.